The van der Waals surface area contributed by atoms with E-state index in [1.165, 1.54) is 0 Å². The lowest BCUT2D eigenvalue weighted by atomic mass is 9.64. The highest BCUT2D eigenvalue weighted by atomic mass is 16.5. The second-order valence-electron chi connectivity index (χ2n) is 6.02. The van der Waals surface area contributed by atoms with Gasteiger partial charge in [-0.2, -0.15) is 5.10 Å². The Morgan fingerprint density at radius 3 is 2.68 bits per heavy atom. The fourth-order valence-corrected chi connectivity index (χ4v) is 3.32. The van der Waals surface area contributed by atoms with Crippen LogP contribution in [-0.4, -0.2) is 32.5 Å². The van der Waals surface area contributed by atoms with Crippen molar-refractivity contribution in [2.75, 3.05) is 12.8 Å². The van der Waals surface area contributed by atoms with Crippen LogP contribution in [0.2, 0.25) is 0 Å². The van der Waals surface area contributed by atoms with Crippen molar-refractivity contribution in [3.8, 4) is 0 Å². The lowest BCUT2D eigenvalue weighted by Crippen LogP contribution is -2.51. The van der Waals surface area contributed by atoms with Crippen LogP contribution in [0.25, 0.3) is 11.2 Å². The summed E-state index contributed by atoms with van der Waals surface area (Å²) in [4.78, 5) is 4.47. The van der Waals surface area contributed by atoms with E-state index in [0.29, 0.717) is 12.0 Å². The standard InChI is InChI=1S/C13H21N5O/c1-7-10-11(17(4)16-7)18(12(14)15-10)8-6-9(19-5)13(8,2)3/h8-9H,6H2,1-5H3,(H2,14,15). The SMILES string of the molecule is COC1CC(n2c(N)nc3c(C)nn(C)c32)C1(C)C. The zero-order chi connectivity index (χ0) is 13.9. The van der Waals surface area contributed by atoms with Gasteiger partial charge in [-0.3, -0.25) is 9.25 Å². The molecule has 6 heteroatoms. The van der Waals surface area contributed by atoms with Gasteiger partial charge < -0.3 is 10.5 Å². The van der Waals surface area contributed by atoms with Crippen LogP contribution in [0, 0.1) is 12.3 Å². The summed E-state index contributed by atoms with van der Waals surface area (Å²) < 4.78 is 9.50. The number of nitrogen functional groups attached to an aromatic ring is 1. The average molecular weight is 263 g/mol. The lowest BCUT2D eigenvalue weighted by molar-refractivity contribution is -0.111. The number of rotatable bonds is 2. The molecule has 1 saturated carbocycles. The van der Waals surface area contributed by atoms with Gasteiger partial charge in [0.2, 0.25) is 5.95 Å². The normalized spacial score (nSPS) is 25.7. The summed E-state index contributed by atoms with van der Waals surface area (Å²) >= 11 is 0. The largest absolute Gasteiger partial charge is 0.381 e. The summed E-state index contributed by atoms with van der Waals surface area (Å²) in [6, 6.07) is 0.303. The number of nitrogens with zero attached hydrogens (tertiary/aromatic N) is 4. The molecule has 0 amide bonds. The predicted molar refractivity (Wildman–Crippen MR) is 73.9 cm³/mol. The Balaban J connectivity index is 2.14. The van der Waals surface area contributed by atoms with Crippen molar-refractivity contribution in [1.29, 1.82) is 0 Å². The molecule has 0 aromatic carbocycles. The number of hydrogen-bond acceptors (Lipinski definition) is 4. The minimum Gasteiger partial charge on any atom is -0.381 e. The fraction of sp³-hybridized carbons (Fsp3) is 0.692. The topological polar surface area (TPSA) is 70.9 Å². The van der Waals surface area contributed by atoms with Crippen LogP contribution in [-0.2, 0) is 11.8 Å². The van der Waals surface area contributed by atoms with Gasteiger partial charge in [-0.1, -0.05) is 13.8 Å². The Hall–Kier alpha value is -1.56. The molecule has 1 aliphatic carbocycles. The Labute approximate surface area is 112 Å². The third-order valence-corrected chi connectivity index (χ3v) is 4.58. The summed E-state index contributed by atoms with van der Waals surface area (Å²) in [6.45, 7) is 6.39. The molecule has 19 heavy (non-hydrogen) atoms. The van der Waals surface area contributed by atoms with Gasteiger partial charge in [0, 0.05) is 25.6 Å². The fourth-order valence-electron chi connectivity index (χ4n) is 3.32. The molecule has 0 radical (unpaired) electrons. The number of methoxy groups -OCH3 is 1. The van der Waals surface area contributed by atoms with Gasteiger partial charge in [-0.05, 0) is 13.3 Å². The van der Waals surface area contributed by atoms with E-state index in [0.717, 1.165) is 23.3 Å². The highest BCUT2D eigenvalue weighted by Crippen LogP contribution is 2.52. The predicted octanol–water partition coefficient (Wildman–Crippen LogP) is 1.65. The van der Waals surface area contributed by atoms with Crippen LogP contribution in [0.1, 0.15) is 32.0 Å². The van der Waals surface area contributed by atoms with Gasteiger partial charge in [-0.25, -0.2) is 4.98 Å². The summed E-state index contributed by atoms with van der Waals surface area (Å²) in [5.41, 5.74) is 9.00. The number of imidazole rings is 1. The number of ether oxygens (including phenoxy) is 1. The van der Waals surface area contributed by atoms with Gasteiger partial charge >= 0.3 is 0 Å². The quantitative estimate of drug-likeness (QED) is 0.894. The first-order valence-electron chi connectivity index (χ1n) is 6.57. The summed E-state index contributed by atoms with van der Waals surface area (Å²) in [7, 11) is 3.70. The smallest absolute Gasteiger partial charge is 0.202 e. The molecule has 0 saturated heterocycles. The van der Waals surface area contributed by atoms with Crippen molar-refractivity contribution in [1.82, 2.24) is 19.3 Å². The summed E-state index contributed by atoms with van der Waals surface area (Å²) in [6.07, 6.45) is 1.23. The molecular weight excluding hydrogens is 242 g/mol. The van der Waals surface area contributed by atoms with E-state index in [1.54, 1.807) is 7.11 Å². The third kappa shape index (κ3) is 1.46. The number of aryl methyl sites for hydroxylation is 2. The van der Waals surface area contributed by atoms with Crippen LogP contribution in [0.15, 0.2) is 0 Å². The van der Waals surface area contributed by atoms with Crippen molar-refractivity contribution < 1.29 is 4.74 Å². The maximum Gasteiger partial charge on any atom is 0.202 e. The van der Waals surface area contributed by atoms with Crippen molar-refractivity contribution in [3.63, 3.8) is 0 Å². The zero-order valence-corrected chi connectivity index (χ0v) is 12.1. The molecule has 2 atom stereocenters. The first kappa shape index (κ1) is 12.5. The molecule has 2 heterocycles. The Morgan fingerprint density at radius 1 is 1.42 bits per heavy atom. The molecular formula is C13H21N5O. The van der Waals surface area contributed by atoms with Crippen LogP contribution >= 0.6 is 0 Å². The average Bonchev–Trinajstić information content (AvgIpc) is 2.79. The Morgan fingerprint density at radius 2 is 2.11 bits per heavy atom. The van der Waals surface area contributed by atoms with E-state index in [9.17, 15) is 0 Å². The molecule has 1 aliphatic rings. The first-order chi connectivity index (χ1) is 8.87. The second kappa shape index (κ2) is 3.72. The van der Waals surface area contributed by atoms with E-state index in [2.05, 4.69) is 28.5 Å². The minimum absolute atomic E-state index is 0.0503. The Bertz CT molecular complexity index is 639. The monoisotopic (exact) mass is 263 g/mol. The number of aromatic nitrogens is 4. The highest BCUT2D eigenvalue weighted by molar-refractivity contribution is 5.77. The summed E-state index contributed by atoms with van der Waals surface area (Å²) in [5.74, 6) is 0.568. The maximum atomic E-state index is 6.12. The van der Waals surface area contributed by atoms with Gasteiger partial charge in [0.1, 0.15) is 5.52 Å². The molecule has 3 rings (SSSR count). The number of hydrogen-bond donors (Lipinski definition) is 1. The minimum atomic E-state index is 0.0503. The molecule has 2 unspecified atom stereocenters. The van der Waals surface area contributed by atoms with Crippen LogP contribution in [0.4, 0.5) is 5.95 Å². The van der Waals surface area contributed by atoms with Crippen molar-refractivity contribution >= 4 is 17.1 Å². The molecule has 0 spiro atoms. The molecule has 2 aromatic rings. The first-order valence-corrected chi connectivity index (χ1v) is 6.57. The van der Waals surface area contributed by atoms with Crippen LogP contribution < -0.4 is 5.73 Å². The molecule has 2 N–H and O–H groups in total. The molecule has 1 fully saturated rings. The van der Waals surface area contributed by atoms with Gasteiger partial charge in [0.05, 0.1) is 11.8 Å². The van der Waals surface area contributed by atoms with Crippen molar-refractivity contribution in [3.05, 3.63) is 5.69 Å². The highest BCUT2D eigenvalue weighted by Gasteiger charge is 2.51. The molecule has 104 valence electrons. The maximum absolute atomic E-state index is 6.12. The van der Waals surface area contributed by atoms with Crippen LogP contribution in [0.3, 0.4) is 0 Å². The van der Waals surface area contributed by atoms with E-state index in [4.69, 9.17) is 10.5 Å². The molecule has 0 aliphatic heterocycles. The van der Waals surface area contributed by atoms with Crippen molar-refractivity contribution in [2.45, 2.75) is 39.3 Å². The summed E-state index contributed by atoms with van der Waals surface area (Å²) in [5, 5.41) is 4.43. The molecule has 2 aromatic heterocycles. The van der Waals surface area contributed by atoms with E-state index < -0.39 is 0 Å². The number of nitrogens with two attached hydrogens (primary N) is 1. The van der Waals surface area contributed by atoms with E-state index in [-0.39, 0.29) is 11.5 Å². The Kier molecular flexibility index (Phi) is 2.44. The number of anilines is 1. The zero-order valence-electron chi connectivity index (χ0n) is 12.1. The number of fused-ring (bicyclic) bond motifs is 1. The van der Waals surface area contributed by atoms with E-state index in [1.807, 2.05) is 18.7 Å². The molecule has 6 nitrogen and oxygen atoms in total. The third-order valence-electron chi connectivity index (χ3n) is 4.58. The second-order valence-corrected chi connectivity index (χ2v) is 6.02. The van der Waals surface area contributed by atoms with E-state index >= 15 is 0 Å². The van der Waals surface area contributed by atoms with Gasteiger partial charge in [0.25, 0.3) is 0 Å². The van der Waals surface area contributed by atoms with Gasteiger partial charge in [0.15, 0.2) is 5.65 Å². The van der Waals surface area contributed by atoms with Gasteiger partial charge in [-0.15, -0.1) is 0 Å². The lowest BCUT2D eigenvalue weighted by Gasteiger charge is -2.51. The molecule has 0 bridgehead atoms. The van der Waals surface area contributed by atoms with Crippen molar-refractivity contribution in [2.24, 2.45) is 12.5 Å². The van der Waals surface area contributed by atoms with Crippen LogP contribution in [0.5, 0.6) is 0 Å².